The van der Waals surface area contributed by atoms with Crippen LogP contribution in [0, 0.1) is 0 Å². The second kappa shape index (κ2) is 4.38. The van der Waals surface area contributed by atoms with E-state index in [4.69, 9.17) is 5.73 Å². The molecule has 0 radical (unpaired) electrons. The van der Waals surface area contributed by atoms with E-state index >= 15 is 0 Å². The predicted octanol–water partition coefficient (Wildman–Crippen LogP) is 3.02. The van der Waals surface area contributed by atoms with Gasteiger partial charge in [-0.15, -0.1) is 0 Å². The number of nitrogens with one attached hydrogen (secondary N) is 1. The van der Waals surface area contributed by atoms with Crippen molar-refractivity contribution in [2.24, 2.45) is 5.73 Å². The Morgan fingerprint density at radius 2 is 1.82 bits per heavy atom. The Kier molecular flexibility index (Phi) is 2.73. The molecule has 1 aliphatic rings. The molecule has 1 aliphatic carbocycles. The molecular weight excluding hydrogens is 208 g/mol. The predicted molar refractivity (Wildman–Crippen MR) is 70.8 cm³/mol. The Labute approximate surface area is 102 Å². The molecule has 0 aliphatic heterocycles. The minimum Gasteiger partial charge on any atom is -0.358 e. The molecule has 0 spiro atoms. The van der Waals surface area contributed by atoms with E-state index in [0.717, 1.165) is 0 Å². The van der Waals surface area contributed by atoms with Gasteiger partial charge in [0.15, 0.2) is 0 Å². The Hall–Kier alpha value is -1.54. The SMILES string of the molecule is NCc1c(-c2ccccc2)[nH]c2c1CCCC2. The third kappa shape index (κ3) is 1.79. The van der Waals surface area contributed by atoms with Crippen LogP contribution in [0.15, 0.2) is 30.3 Å². The zero-order valence-corrected chi connectivity index (χ0v) is 10.00. The maximum Gasteiger partial charge on any atom is 0.0504 e. The molecule has 17 heavy (non-hydrogen) atoms. The van der Waals surface area contributed by atoms with E-state index < -0.39 is 0 Å². The monoisotopic (exact) mass is 226 g/mol. The van der Waals surface area contributed by atoms with Gasteiger partial charge in [0, 0.05) is 12.2 Å². The third-order valence-electron chi connectivity index (χ3n) is 3.68. The molecule has 88 valence electrons. The lowest BCUT2D eigenvalue weighted by Gasteiger charge is -2.11. The zero-order valence-electron chi connectivity index (χ0n) is 10.00. The van der Waals surface area contributed by atoms with Crippen molar-refractivity contribution in [1.29, 1.82) is 0 Å². The van der Waals surface area contributed by atoms with Gasteiger partial charge in [-0.3, -0.25) is 0 Å². The highest BCUT2D eigenvalue weighted by Crippen LogP contribution is 2.32. The summed E-state index contributed by atoms with van der Waals surface area (Å²) >= 11 is 0. The number of aromatic nitrogens is 1. The van der Waals surface area contributed by atoms with Gasteiger partial charge >= 0.3 is 0 Å². The molecule has 0 unspecified atom stereocenters. The number of rotatable bonds is 2. The summed E-state index contributed by atoms with van der Waals surface area (Å²) in [6.07, 6.45) is 4.96. The summed E-state index contributed by atoms with van der Waals surface area (Å²) in [5.41, 5.74) is 12.6. The van der Waals surface area contributed by atoms with Crippen molar-refractivity contribution in [2.75, 3.05) is 0 Å². The van der Waals surface area contributed by atoms with Crippen LogP contribution in [0.1, 0.15) is 29.7 Å². The zero-order chi connectivity index (χ0) is 11.7. The molecule has 0 bridgehead atoms. The highest BCUT2D eigenvalue weighted by Gasteiger charge is 2.19. The van der Waals surface area contributed by atoms with Crippen LogP contribution in [0.3, 0.4) is 0 Å². The van der Waals surface area contributed by atoms with E-state index in [2.05, 4.69) is 35.3 Å². The molecule has 0 atom stereocenters. The fourth-order valence-electron chi connectivity index (χ4n) is 2.83. The van der Waals surface area contributed by atoms with Crippen molar-refractivity contribution in [1.82, 2.24) is 4.98 Å². The first-order chi connectivity index (χ1) is 8.40. The lowest BCUT2D eigenvalue weighted by atomic mass is 9.93. The van der Waals surface area contributed by atoms with E-state index in [0.29, 0.717) is 6.54 Å². The number of fused-ring (bicyclic) bond motifs is 1. The second-order valence-electron chi connectivity index (χ2n) is 4.71. The van der Waals surface area contributed by atoms with Crippen LogP contribution >= 0.6 is 0 Å². The minimum absolute atomic E-state index is 0.635. The van der Waals surface area contributed by atoms with E-state index in [1.807, 2.05) is 0 Å². The summed E-state index contributed by atoms with van der Waals surface area (Å²) in [5, 5.41) is 0. The Morgan fingerprint density at radius 3 is 2.59 bits per heavy atom. The highest BCUT2D eigenvalue weighted by atomic mass is 14.8. The molecule has 0 saturated heterocycles. The van der Waals surface area contributed by atoms with Gasteiger partial charge in [-0.1, -0.05) is 30.3 Å². The molecule has 0 saturated carbocycles. The van der Waals surface area contributed by atoms with Gasteiger partial charge in [-0.2, -0.15) is 0 Å². The first-order valence-corrected chi connectivity index (χ1v) is 6.38. The summed E-state index contributed by atoms with van der Waals surface area (Å²) in [6, 6.07) is 10.5. The van der Waals surface area contributed by atoms with Crippen molar-refractivity contribution in [3.63, 3.8) is 0 Å². The molecule has 2 aromatic rings. The maximum atomic E-state index is 5.94. The van der Waals surface area contributed by atoms with Crippen LogP contribution in [-0.2, 0) is 19.4 Å². The topological polar surface area (TPSA) is 41.8 Å². The van der Waals surface area contributed by atoms with Gasteiger partial charge < -0.3 is 10.7 Å². The smallest absolute Gasteiger partial charge is 0.0504 e. The van der Waals surface area contributed by atoms with Crippen molar-refractivity contribution in [2.45, 2.75) is 32.2 Å². The molecule has 2 nitrogen and oxygen atoms in total. The lowest BCUT2D eigenvalue weighted by Crippen LogP contribution is -2.05. The molecule has 1 heterocycles. The summed E-state index contributed by atoms with van der Waals surface area (Å²) in [6.45, 7) is 0.635. The summed E-state index contributed by atoms with van der Waals surface area (Å²) in [7, 11) is 0. The van der Waals surface area contributed by atoms with Gasteiger partial charge in [0.2, 0.25) is 0 Å². The van der Waals surface area contributed by atoms with Crippen LogP contribution < -0.4 is 5.73 Å². The van der Waals surface area contributed by atoms with E-state index in [9.17, 15) is 0 Å². The average molecular weight is 226 g/mol. The molecule has 1 aromatic heterocycles. The third-order valence-corrected chi connectivity index (χ3v) is 3.68. The highest BCUT2D eigenvalue weighted by molar-refractivity contribution is 5.66. The van der Waals surface area contributed by atoms with Gasteiger partial charge in [0.05, 0.1) is 5.69 Å². The number of H-pyrrole nitrogens is 1. The minimum atomic E-state index is 0.635. The Morgan fingerprint density at radius 1 is 1.06 bits per heavy atom. The summed E-state index contributed by atoms with van der Waals surface area (Å²) < 4.78 is 0. The van der Waals surface area contributed by atoms with Crippen LogP contribution in [-0.4, -0.2) is 4.98 Å². The number of aromatic amines is 1. The Bertz CT molecular complexity index is 511. The fourth-order valence-corrected chi connectivity index (χ4v) is 2.83. The number of hydrogen-bond acceptors (Lipinski definition) is 1. The summed E-state index contributed by atoms with van der Waals surface area (Å²) in [5.74, 6) is 0. The van der Waals surface area contributed by atoms with Gasteiger partial charge in [0.1, 0.15) is 0 Å². The van der Waals surface area contributed by atoms with Gasteiger partial charge in [-0.25, -0.2) is 0 Å². The van der Waals surface area contributed by atoms with Crippen molar-refractivity contribution in [3.8, 4) is 11.3 Å². The molecule has 2 heteroatoms. The normalized spacial score (nSPS) is 14.6. The molecule has 3 rings (SSSR count). The number of aryl methyl sites for hydroxylation is 1. The van der Waals surface area contributed by atoms with Crippen molar-refractivity contribution < 1.29 is 0 Å². The molecule has 3 N–H and O–H groups in total. The lowest BCUT2D eigenvalue weighted by molar-refractivity contribution is 0.673. The standard InChI is InChI=1S/C15H18N2/c16-10-13-12-8-4-5-9-14(12)17-15(13)11-6-2-1-3-7-11/h1-3,6-7,17H,4-5,8-10,16H2. The van der Waals surface area contributed by atoms with Crippen LogP contribution in [0.4, 0.5) is 0 Å². The first kappa shape index (κ1) is 10.6. The first-order valence-electron chi connectivity index (χ1n) is 6.38. The number of nitrogens with two attached hydrogens (primary N) is 1. The average Bonchev–Trinajstić information content (AvgIpc) is 2.78. The van der Waals surface area contributed by atoms with E-state index in [1.54, 1.807) is 0 Å². The summed E-state index contributed by atoms with van der Waals surface area (Å²) in [4.78, 5) is 3.59. The maximum absolute atomic E-state index is 5.94. The largest absolute Gasteiger partial charge is 0.358 e. The van der Waals surface area contributed by atoms with E-state index in [-0.39, 0.29) is 0 Å². The number of hydrogen-bond donors (Lipinski definition) is 2. The molecule has 0 fully saturated rings. The molecule has 1 aromatic carbocycles. The van der Waals surface area contributed by atoms with Crippen molar-refractivity contribution in [3.05, 3.63) is 47.2 Å². The Balaban J connectivity index is 2.14. The fraction of sp³-hybridized carbons (Fsp3) is 0.333. The van der Waals surface area contributed by atoms with Crippen LogP contribution in [0.25, 0.3) is 11.3 Å². The molecule has 0 amide bonds. The van der Waals surface area contributed by atoms with Crippen LogP contribution in [0.5, 0.6) is 0 Å². The van der Waals surface area contributed by atoms with Crippen LogP contribution in [0.2, 0.25) is 0 Å². The molecular formula is C15H18N2. The quantitative estimate of drug-likeness (QED) is 0.812. The number of benzene rings is 1. The van der Waals surface area contributed by atoms with Crippen molar-refractivity contribution >= 4 is 0 Å². The second-order valence-corrected chi connectivity index (χ2v) is 4.71. The van der Waals surface area contributed by atoms with E-state index in [1.165, 1.54) is 53.8 Å². The van der Waals surface area contributed by atoms with Gasteiger partial charge in [0.25, 0.3) is 0 Å². The van der Waals surface area contributed by atoms with Gasteiger partial charge in [-0.05, 0) is 42.4 Å².